The molecule has 0 unspecified atom stereocenters. The van der Waals surface area contributed by atoms with Crippen LogP contribution in [0.3, 0.4) is 0 Å². The van der Waals surface area contributed by atoms with Gasteiger partial charge >= 0.3 is 0 Å². The lowest BCUT2D eigenvalue weighted by Crippen LogP contribution is -2.55. The van der Waals surface area contributed by atoms with Crippen LogP contribution in [0.4, 0.5) is 5.69 Å². The van der Waals surface area contributed by atoms with Crippen molar-refractivity contribution in [1.29, 1.82) is 0 Å². The Hall–Kier alpha value is -3.76. The summed E-state index contributed by atoms with van der Waals surface area (Å²) in [5.41, 5.74) is 3.73. The molecule has 1 heterocycles. The normalized spacial score (nSPS) is 26.9. The summed E-state index contributed by atoms with van der Waals surface area (Å²) in [6, 6.07) is 29.5. The van der Waals surface area contributed by atoms with Crippen LogP contribution >= 0.6 is 0 Å². The van der Waals surface area contributed by atoms with Gasteiger partial charge in [0.05, 0.1) is 29.5 Å². The van der Waals surface area contributed by atoms with E-state index in [-0.39, 0.29) is 24.3 Å². The zero-order chi connectivity index (χ0) is 22.3. The fourth-order valence-electron chi connectivity index (χ4n) is 6.84. The van der Waals surface area contributed by atoms with E-state index in [1.165, 1.54) is 4.90 Å². The minimum atomic E-state index is -0.932. The number of imide groups is 1. The molecule has 2 atom stereocenters. The van der Waals surface area contributed by atoms with E-state index in [1.807, 2.05) is 78.9 Å². The average Bonchev–Trinajstić information content (AvgIpc) is 3.14. The highest BCUT2D eigenvalue weighted by Crippen LogP contribution is 2.64. The first-order valence-electron chi connectivity index (χ1n) is 11.3. The van der Waals surface area contributed by atoms with Gasteiger partial charge in [0.25, 0.3) is 0 Å². The van der Waals surface area contributed by atoms with E-state index < -0.39 is 17.3 Å². The second-order valence-corrected chi connectivity index (χ2v) is 9.30. The maximum absolute atomic E-state index is 14.2. The molecule has 2 amide bonds. The molecule has 0 aromatic heterocycles. The number of carbonyl (C=O) groups excluding carboxylic acids is 2. The first-order chi connectivity index (χ1) is 16.2. The summed E-state index contributed by atoms with van der Waals surface area (Å²) in [5.74, 6) is -1.76. The molecule has 0 radical (unpaired) electrons. The van der Waals surface area contributed by atoms with E-state index in [1.54, 1.807) is 0 Å². The quantitative estimate of drug-likeness (QED) is 0.479. The van der Waals surface area contributed by atoms with Gasteiger partial charge in [0.15, 0.2) is 0 Å². The van der Waals surface area contributed by atoms with Crippen LogP contribution in [-0.4, -0.2) is 23.5 Å². The summed E-state index contributed by atoms with van der Waals surface area (Å²) in [5, 5.41) is 12.8. The molecule has 1 aliphatic heterocycles. The van der Waals surface area contributed by atoms with E-state index in [2.05, 4.69) is 12.1 Å². The fraction of sp³-hybridized carbons (Fsp3) is 0.172. The molecule has 3 aliphatic carbocycles. The van der Waals surface area contributed by atoms with Gasteiger partial charge in [-0.25, -0.2) is 4.90 Å². The lowest BCUT2D eigenvalue weighted by molar-refractivity contribution is -0.124. The third kappa shape index (κ3) is 2.10. The van der Waals surface area contributed by atoms with E-state index in [0.29, 0.717) is 5.69 Å². The molecule has 2 bridgehead atoms. The highest BCUT2D eigenvalue weighted by molar-refractivity contribution is 6.26. The van der Waals surface area contributed by atoms with E-state index in [0.717, 1.165) is 33.0 Å². The number of nitrogens with zero attached hydrogens (tertiary/aromatic N) is 1. The molecule has 160 valence electrons. The average molecular weight is 431 g/mol. The van der Waals surface area contributed by atoms with Crippen LogP contribution < -0.4 is 4.90 Å². The van der Waals surface area contributed by atoms with Crippen molar-refractivity contribution in [2.45, 2.75) is 11.3 Å². The van der Waals surface area contributed by atoms with Gasteiger partial charge in [0, 0.05) is 11.3 Å². The van der Waals surface area contributed by atoms with Crippen LogP contribution in [0.2, 0.25) is 0 Å². The molecular weight excluding hydrogens is 410 g/mol. The van der Waals surface area contributed by atoms with Crippen molar-refractivity contribution in [3.8, 4) is 0 Å². The van der Waals surface area contributed by atoms with Crippen LogP contribution in [-0.2, 0) is 15.0 Å². The molecule has 1 fully saturated rings. The Bertz CT molecular complexity index is 1440. The van der Waals surface area contributed by atoms with E-state index >= 15 is 0 Å². The first kappa shape index (κ1) is 18.8. The van der Waals surface area contributed by atoms with Crippen molar-refractivity contribution in [3.63, 3.8) is 0 Å². The maximum Gasteiger partial charge on any atom is 0.239 e. The topological polar surface area (TPSA) is 57.6 Å². The van der Waals surface area contributed by atoms with Gasteiger partial charge in [-0.2, -0.15) is 0 Å². The van der Waals surface area contributed by atoms with Crippen LogP contribution in [0.15, 0.2) is 91.0 Å². The number of hydrogen-bond acceptors (Lipinski definition) is 3. The molecule has 4 nitrogen and oxygen atoms in total. The highest BCUT2D eigenvalue weighted by Gasteiger charge is 2.68. The van der Waals surface area contributed by atoms with Gasteiger partial charge in [-0.1, -0.05) is 84.9 Å². The third-order valence-electron chi connectivity index (χ3n) is 8.05. The van der Waals surface area contributed by atoms with Crippen LogP contribution in [0, 0.1) is 11.8 Å². The van der Waals surface area contributed by atoms with E-state index in [4.69, 9.17) is 0 Å². The Kier molecular flexibility index (Phi) is 3.64. The summed E-state index contributed by atoms with van der Waals surface area (Å²) in [4.78, 5) is 29.6. The Morgan fingerprint density at radius 3 is 2.03 bits per heavy atom. The molecule has 4 aliphatic rings. The predicted octanol–water partition coefficient (Wildman–Crippen LogP) is 4.38. The number of hydrogen-bond donors (Lipinski definition) is 1. The zero-order valence-electron chi connectivity index (χ0n) is 17.8. The number of carbonyl (C=O) groups is 2. The minimum absolute atomic E-state index is 0.173. The third-order valence-corrected chi connectivity index (χ3v) is 8.05. The molecule has 4 aromatic rings. The number of aliphatic hydroxyl groups excluding tert-OH is 1. The van der Waals surface area contributed by atoms with Crippen molar-refractivity contribution in [2.24, 2.45) is 11.8 Å². The maximum atomic E-state index is 14.2. The summed E-state index contributed by atoms with van der Waals surface area (Å²) < 4.78 is 0. The smallest absolute Gasteiger partial charge is 0.239 e. The van der Waals surface area contributed by atoms with Gasteiger partial charge in [-0.15, -0.1) is 0 Å². The predicted molar refractivity (Wildman–Crippen MR) is 126 cm³/mol. The molecule has 4 aromatic carbocycles. The largest absolute Gasteiger partial charge is 0.395 e. The van der Waals surface area contributed by atoms with Gasteiger partial charge in [0.2, 0.25) is 11.8 Å². The fourth-order valence-corrected chi connectivity index (χ4v) is 6.84. The lowest BCUT2D eigenvalue weighted by atomic mass is 9.47. The minimum Gasteiger partial charge on any atom is -0.395 e. The van der Waals surface area contributed by atoms with Gasteiger partial charge in [-0.3, -0.25) is 9.59 Å². The van der Waals surface area contributed by atoms with Crippen molar-refractivity contribution in [1.82, 2.24) is 0 Å². The summed E-state index contributed by atoms with van der Waals surface area (Å²) in [7, 11) is 0. The number of fused-ring (bicyclic) bond motifs is 1. The number of rotatable bonds is 2. The first-order valence-corrected chi connectivity index (χ1v) is 11.3. The molecule has 1 N–H and O–H groups in total. The Labute approximate surface area is 191 Å². The molecule has 0 saturated carbocycles. The standard InChI is InChI=1S/C29H21NO3/c31-16-29-21-13-5-3-11-19(21)24(20-12-4-6-14-22(20)29)25-26(29)28(33)30(27(25)32)23-15-7-9-17-8-1-2-10-18(17)23/h1-15,24-26,31H,16H2/t24?,25-,26+,29?/m1/s1. The van der Waals surface area contributed by atoms with E-state index in [9.17, 15) is 14.7 Å². The monoisotopic (exact) mass is 431 g/mol. The summed E-state index contributed by atoms with van der Waals surface area (Å²) >= 11 is 0. The number of benzene rings is 4. The molecule has 1 saturated heterocycles. The van der Waals surface area contributed by atoms with Crippen molar-refractivity contribution >= 4 is 28.3 Å². The number of anilines is 1. The van der Waals surface area contributed by atoms with Crippen LogP contribution in [0.25, 0.3) is 10.8 Å². The van der Waals surface area contributed by atoms with Gasteiger partial charge in [-0.05, 0) is 33.7 Å². The Morgan fingerprint density at radius 2 is 1.33 bits per heavy atom. The van der Waals surface area contributed by atoms with Gasteiger partial charge < -0.3 is 5.11 Å². The summed E-state index contributed by atoms with van der Waals surface area (Å²) in [6.45, 7) is -0.225. The molecule has 8 rings (SSSR count). The molecule has 33 heavy (non-hydrogen) atoms. The SMILES string of the molecule is O=C1[C@@H]2C3c4ccccc4C(CO)(c4ccccc43)[C@@H]2C(=O)N1c1cccc2ccccc12. The number of aliphatic hydroxyl groups is 1. The Balaban J connectivity index is 1.52. The molecule has 4 heteroatoms. The second-order valence-electron chi connectivity index (χ2n) is 9.30. The van der Waals surface area contributed by atoms with Gasteiger partial charge in [0.1, 0.15) is 0 Å². The summed E-state index contributed by atoms with van der Waals surface area (Å²) in [6.07, 6.45) is 0. The zero-order valence-corrected chi connectivity index (χ0v) is 17.8. The van der Waals surface area contributed by atoms with Crippen LogP contribution in [0.5, 0.6) is 0 Å². The number of amides is 2. The lowest BCUT2D eigenvalue weighted by Gasteiger charge is -2.53. The second kappa shape index (κ2) is 6.40. The highest BCUT2D eigenvalue weighted by atomic mass is 16.3. The Morgan fingerprint density at radius 1 is 0.727 bits per heavy atom. The van der Waals surface area contributed by atoms with Crippen molar-refractivity contribution in [2.75, 3.05) is 11.5 Å². The van der Waals surface area contributed by atoms with Crippen LogP contribution in [0.1, 0.15) is 28.2 Å². The van der Waals surface area contributed by atoms with Crippen molar-refractivity contribution in [3.05, 3.63) is 113 Å². The van der Waals surface area contributed by atoms with Crippen molar-refractivity contribution < 1.29 is 14.7 Å². The molecule has 0 spiro atoms. The molecular formula is C29H21NO3.